The van der Waals surface area contributed by atoms with E-state index in [-0.39, 0.29) is 17.7 Å². The van der Waals surface area contributed by atoms with Crippen LogP contribution >= 0.6 is 0 Å². The molecule has 0 aliphatic carbocycles. The molecule has 156 valence electrons. The number of nitrogens with one attached hydrogen (secondary N) is 2. The van der Waals surface area contributed by atoms with Gasteiger partial charge in [0.25, 0.3) is 0 Å². The van der Waals surface area contributed by atoms with E-state index in [0.717, 1.165) is 57.9 Å². The molecule has 2 fully saturated rings. The van der Waals surface area contributed by atoms with Crippen molar-refractivity contribution in [1.82, 2.24) is 10.2 Å². The lowest BCUT2D eigenvalue weighted by atomic mass is 9.95. The molecule has 0 unspecified atom stereocenters. The maximum absolute atomic E-state index is 12.4. The van der Waals surface area contributed by atoms with E-state index >= 15 is 0 Å². The number of amides is 2. The molecule has 7 nitrogen and oxygen atoms in total. The van der Waals surface area contributed by atoms with Crippen LogP contribution in [0.1, 0.15) is 33.1 Å². The van der Waals surface area contributed by atoms with Gasteiger partial charge in [0, 0.05) is 43.5 Å². The smallest absolute Gasteiger partial charge is 0.319 e. The summed E-state index contributed by atoms with van der Waals surface area (Å²) in [4.78, 5) is 14.8. The van der Waals surface area contributed by atoms with Crippen LogP contribution in [-0.4, -0.2) is 68.6 Å². The fourth-order valence-electron chi connectivity index (χ4n) is 3.64. The zero-order valence-electron chi connectivity index (χ0n) is 17.0. The summed E-state index contributed by atoms with van der Waals surface area (Å²) >= 11 is 0. The second-order valence-electron chi connectivity index (χ2n) is 7.73. The van der Waals surface area contributed by atoms with Gasteiger partial charge in [0.15, 0.2) is 0 Å². The summed E-state index contributed by atoms with van der Waals surface area (Å²) in [6.45, 7) is 9.60. The van der Waals surface area contributed by atoms with Crippen LogP contribution in [0.25, 0.3) is 0 Å². The predicted octanol–water partition coefficient (Wildman–Crippen LogP) is 2.87. The molecule has 0 saturated carbocycles. The van der Waals surface area contributed by atoms with E-state index < -0.39 is 0 Å². The first-order valence-electron chi connectivity index (χ1n) is 10.3. The average Bonchev–Trinajstić information content (AvgIpc) is 3.25. The second-order valence-corrected chi connectivity index (χ2v) is 7.73. The van der Waals surface area contributed by atoms with E-state index in [1.807, 2.05) is 24.3 Å². The Kier molecular flexibility index (Phi) is 7.53. The maximum Gasteiger partial charge on any atom is 0.319 e. The monoisotopic (exact) mass is 391 g/mol. The van der Waals surface area contributed by atoms with Gasteiger partial charge < -0.3 is 24.8 Å². The third kappa shape index (κ3) is 5.83. The minimum absolute atomic E-state index is 0.0760. The van der Waals surface area contributed by atoms with E-state index in [2.05, 4.69) is 29.4 Å². The van der Waals surface area contributed by atoms with Crippen LogP contribution < -0.4 is 15.4 Å². The largest absolute Gasteiger partial charge is 0.491 e. The van der Waals surface area contributed by atoms with Crippen molar-refractivity contribution in [3.63, 3.8) is 0 Å². The van der Waals surface area contributed by atoms with Crippen LogP contribution in [0.3, 0.4) is 0 Å². The fourth-order valence-corrected chi connectivity index (χ4v) is 3.64. The Balaban J connectivity index is 1.47. The molecule has 2 heterocycles. The normalized spacial score (nSPS) is 22.4. The first kappa shape index (κ1) is 20.9. The van der Waals surface area contributed by atoms with Gasteiger partial charge in [-0.1, -0.05) is 13.0 Å². The zero-order chi connectivity index (χ0) is 19.8. The van der Waals surface area contributed by atoms with Gasteiger partial charge in [-0.2, -0.15) is 0 Å². The molecule has 2 N–H and O–H groups in total. The third-order valence-corrected chi connectivity index (χ3v) is 5.72. The van der Waals surface area contributed by atoms with Crippen molar-refractivity contribution in [1.29, 1.82) is 0 Å². The molecule has 0 spiro atoms. The van der Waals surface area contributed by atoms with E-state index in [0.29, 0.717) is 18.8 Å². The minimum Gasteiger partial charge on any atom is -0.491 e. The van der Waals surface area contributed by atoms with Crippen LogP contribution in [0.15, 0.2) is 24.3 Å². The second kappa shape index (κ2) is 10.1. The number of benzene rings is 1. The summed E-state index contributed by atoms with van der Waals surface area (Å²) < 4.78 is 16.8. The lowest BCUT2D eigenvalue weighted by molar-refractivity contribution is -0.0163. The zero-order valence-corrected chi connectivity index (χ0v) is 17.0. The van der Waals surface area contributed by atoms with Crippen molar-refractivity contribution in [2.45, 2.75) is 44.8 Å². The Labute approximate surface area is 167 Å². The van der Waals surface area contributed by atoms with Crippen LogP contribution in [0, 0.1) is 0 Å². The van der Waals surface area contributed by atoms with Gasteiger partial charge in [0.05, 0.1) is 19.3 Å². The molecular weight excluding hydrogens is 358 g/mol. The highest BCUT2D eigenvalue weighted by Crippen LogP contribution is 2.21. The third-order valence-electron chi connectivity index (χ3n) is 5.72. The van der Waals surface area contributed by atoms with Gasteiger partial charge >= 0.3 is 6.03 Å². The number of hydrogen-bond donors (Lipinski definition) is 2. The first-order chi connectivity index (χ1) is 13.6. The number of hydrogen-bond acceptors (Lipinski definition) is 5. The summed E-state index contributed by atoms with van der Waals surface area (Å²) in [6.07, 6.45) is 3.27. The molecule has 7 heteroatoms. The number of carbonyl (C=O) groups is 1. The molecule has 2 saturated heterocycles. The molecule has 2 atom stereocenters. The maximum atomic E-state index is 12.4. The average molecular weight is 392 g/mol. The van der Waals surface area contributed by atoms with Crippen molar-refractivity contribution < 1.29 is 19.0 Å². The van der Waals surface area contributed by atoms with Crippen LogP contribution in [0.4, 0.5) is 10.5 Å². The standard InChI is InChI=1S/C21H33N3O4/c1-3-21(2,24-9-12-26-13-10-24)16-22-20(25)23-17-6-4-7-18(14-17)28-15-19-8-5-11-27-19/h4,6-7,14,19H,3,5,8-13,15-16H2,1-2H3,(H2,22,23,25)/t19-,21+/m0/s1. The van der Waals surface area contributed by atoms with E-state index in [4.69, 9.17) is 14.2 Å². The summed E-state index contributed by atoms with van der Waals surface area (Å²) in [7, 11) is 0. The summed E-state index contributed by atoms with van der Waals surface area (Å²) in [5.74, 6) is 0.736. The summed E-state index contributed by atoms with van der Waals surface area (Å²) in [5.41, 5.74) is 0.639. The predicted molar refractivity (Wildman–Crippen MR) is 109 cm³/mol. The van der Waals surface area contributed by atoms with Crippen LogP contribution in [-0.2, 0) is 9.47 Å². The topological polar surface area (TPSA) is 72.1 Å². The summed E-state index contributed by atoms with van der Waals surface area (Å²) in [5, 5.41) is 5.93. The van der Waals surface area contributed by atoms with Crippen LogP contribution in [0.5, 0.6) is 5.75 Å². The number of nitrogens with zero attached hydrogens (tertiary/aromatic N) is 1. The van der Waals surface area contributed by atoms with E-state index in [9.17, 15) is 4.79 Å². The number of carbonyl (C=O) groups excluding carboxylic acids is 1. The summed E-state index contributed by atoms with van der Waals surface area (Å²) in [6, 6.07) is 7.27. The molecular formula is C21H33N3O4. The van der Waals surface area contributed by atoms with Crippen molar-refractivity contribution in [2.24, 2.45) is 0 Å². The highest BCUT2D eigenvalue weighted by atomic mass is 16.5. The van der Waals surface area contributed by atoms with E-state index in [1.54, 1.807) is 0 Å². The SMILES string of the molecule is CC[C@](C)(CNC(=O)Nc1cccc(OC[C@@H]2CCCO2)c1)N1CCOCC1. The van der Waals surface area contributed by atoms with Crippen LogP contribution in [0.2, 0.25) is 0 Å². The molecule has 2 amide bonds. The van der Waals surface area contributed by atoms with Gasteiger partial charge in [-0.3, -0.25) is 4.90 Å². The number of urea groups is 1. The van der Waals surface area contributed by atoms with Gasteiger partial charge in [-0.15, -0.1) is 0 Å². The Hall–Kier alpha value is -1.83. The van der Waals surface area contributed by atoms with E-state index in [1.165, 1.54) is 0 Å². The molecule has 1 aromatic rings. The minimum atomic E-state index is -0.204. The molecule has 0 radical (unpaired) electrons. The number of morpholine rings is 1. The highest BCUT2D eigenvalue weighted by Gasteiger charge is 2.31. The lowest BCUT2D eigenvalue weighted by Crippen LogP contribution is -2.57. The van der Waals surface area contributed by atoms with Gasteiger partial charge in [-0.05, 0) is 38.3 Å². The molecule has 28 heavy (non-hydrogen) atoms. The van der Waals surface area contributed by atoms with Gasteiger partial charge in [-0.25, -0.2) is 4.79 Å². The Morgan fingerprint density at radius 2 is 2.14 bits per heavy atom. The number of rotatable bonds is 8. The highest BCUT2D eigenvalue weighted by molar-refractivity contribution is 5.89. The quantitative estimate of drug-likeness (QED) is 0.713. The van der Waals surface area contributed by atoms with Gasteiger partial charge in [0.2, 0.25) is 0 Å². The number of anilines is 1. The molecule has 2 aliphatic heterocycles. The molecule has 0 bridgehead atoms. The first-order valence-corrected chi connectivity index (χ1v) is 10.3. The molecule has 1 aromatic carbocycles. The van der Waals surface area contributed by atoms with Crippen molar-refractivity contribution >= 4 is 11.7 Å². The van der Waals surface area contributed by atoms with Crippen molar-refractivity contribution in [3.05, 3.63) is 24.3 Å². The Morgan fingerprint density at radius 1 is 1.32 bits per heavy atom. The van der Waals surface area contributed by atoms with Crippen molar-refractivity contribution in [2.75, 3.05) is 51.4 Å². The number of ether oxygens (including phenoxy) is 3. The molecule has 0 aromatic heterocycles. The molecule has 3 rings (SSSR count). The van der Waals surface area contributed by atoms with Gasteiger partial charge in [0.1, 0.15) is 12.4 Å². The fraction of sp³-hybridized carbons (Fsp3) is 0.667. The van der Waals surface area contributed by atoms with Crippen molar-refractivity contribution in [3.8, 4) is 5.75 Å². The Morgan fingerprint density at radius 3 is 2.86 bits per heavy atom. The Bertz CT molecular complexity index is 630. The lowest BCUT2D eigenvalue weighted by Gasteiger charge is -2.43. The molecule has 2 aliphatic rings.